The molecule has 0 atom stereocenters. The number of para-hydroxylation sites is 2. The number of hydrogen-bond acceptors (Lipinski definition) is 6. The maximum atomic E-state index is 13.6. The van der Waals surface area contributed by atoms with Crippen molar-refractivity contribution in [2.24, 2.45) is 0 Å². The summed E-state index contributed by atoms with van der Waals surface area (Å²) in [6, 6.07) is 14.2. The van der Waals surface area contributed by atoms with Gasteiger partial charge in [0, 0.05) is 0 Å². The van der Waals surface area contributed by atoms with E-state index in [1.165, 1.54) is 0 Å². The Morgan fingerprint density at radius 1 is 0.833 bits per heavy atom. The Morgan fingerprint density at radius 3 is 1.80 bits per heavy atom. The van der Waals surface area contributed by atoms with E-state index in [9.17, 15) is 4.57 Å². The number of aliphatic hydroxyl groups is 2. The molecule has 2 aromatic rings. The molecule has 0 saturated heterocycles. The highest BCUT2D eigenvalue weighted by atomic mass is 31.2. The standard InChI is InChI=1S/C23H29O6P/c1-2-3-8-19-27-30(26,28-22-15-6-4-11-20(22)13-9-17-24)29-23-16-7-5-12-21(23)14-10-18-25/h4-7,9-12,15-18,24-25H,2-3,8,13-14,19H2,1H3. The van der Waals surface area contributed by atoms with Gasteiger partial charge in [0.05, 0.1) is 19.1 Å². The maximum Gasteiger partial charge on any atom is 0.587 e. The predicted octanol–water partition coefficient (Wildman–Crippen LogP) is 6.69. The monoisotopic (exact) mass is 432 g/mol. The van der Waals surface area contributed by atoms with E-state index >= 15 is 0 Å². The number of hydrogen-bond donors (Lipinski definition) is 2. The molecule has 162 valence electrons. The van der Waals surface area contributed by atoms with Crippen molar-refractivity contribution < 1.29 is 28.3 Å². The highest BCUT2D eigenvalue weighted by Gasteiger charge is 2.32. The summed E-state index contributed by atoms with van der Waals surface area (Å²) in [7, 11) is -3.99. The number of aliphatic hydroxyl groups excluding tert-OH is 2. The summed E-state index contributed by atoms with van der Waals surface area (Å²) in [5.41, 5.74) is 1.47. The lowest BCUT2D eigenvalue weighted by Crippen LogP contribution is -2.08. The zero-order valence-corrected chi connectivity index (χ0v) is 18.0. The number of benzene rings is 2. The highest BCUT2D eigenvalue weighted by molar-refractivity contribution is 7.49. The Labute approximate surface area is 178 Å². The summed E-state index contributed by atoms with van der Waals surface area (Å²) < 4.78 is 30.8. The number of phosphoric acid groups is 1. The van der Waals surface area contributed by atoms with Crippen molar-refractivity contribution in [2.45, 2.75) is 39.0 Å². The van der Waals surface area contributed by atoms with Crippen LogP contribution in [-0.4, -0.2) is 16.8 Å². The molecule has 30 heavy (non-hydrogen) atoms. The summed E-state index contributed by atoms with van der Waals surface area (Å²) >= 11 is 0. The van der Waals surface area contributed by atoms with Crippen molar-refractivity contribution in [2.75, 3.05) is 6.61 Å². The SMILES string of the molecule is CCCCCOP(=O)(Oc1ccccc1CC=CO)Oc1ccccc1CC=CO. The summed E-state index contributed by atoms with van der Waals surface area (Å²) in [5, 5.41) is 17.9. The molecule has 2 N–H and O–H groups in total. The average Bonchev–Trinajstić information content (AvgIpc) is 2.75. The Morgan fingerprint density at radius 2 is 1.33 bits per heavy atom. The van der Waals surface area contributed by atoms with Gasteiger partial charge in [-0.1, -0.05) is 56.2 Å². The van der Waals surface area contributed by atoms with Crippen molar-refractivity contribution in [3.05, 3.63) is 84.3 Å². The molecular formula is C23H29O6P. The molecule has 0 unspecified atom stereocenters. The fourth-order valence-electron chi connectivity index (χ4n) is 2.72. The lowest BCUT2D eigenvalue weighted by Gasteiger charge is -2.21. The first-order valence-corrected chi connectivity index (χ1v) is 11.5. The van der Waals surface area contributed by atoms with Crippen LogP contribution in [0.3, 0.4) is 0 Å². The first kappa shape index (κ1) is 23.6. The molecule has 2 aromatic carbocycles. The van der Waals surface area contributed by atoms with Gasteiger partial charge in [-0.25, -0.2) is 4.57 Å². The van der Waals surface area contributed by atoms with Crippen molar-refractivity contribution >= 4 is 7.82 Å². The van der Waals surface area contributed by atoms with Crippen LogP contribution < -0.4 is 9.05 Å². The highest BCUT2D eigenvalue weighted by Crippen LogP contribution is 2.51. The first-order chi connectivity index (χ1) is 14.6. The van der Waals surface area contributed by atoms with Crippen molar-refractivity contribution in [1.29, 1.82) is 0 Å². The van der Waals surface area contributed by atoms with Crippen molar-refractivity contribution in [3.8, 4) is 11.5 Å². The van der Waals surface area contributed by atoms with Crippen LogP contribution in [0.4, 0.5) is 0 Å². The molecule has 0 aliphatic carbocycles. The van der Waals surface area contributed by atoms with Crippen LogP contribution in [-0.2, 0) is 21.9 Å². The van der Waals surface area contributed by atoms with Crippen LogP contribution in [0.1, 0.15) is 37.3 Å². The van der Waals surface area contributed by atoms with E-state index < -0.39 is 7.82 Å². The zero-order valence-electron chi connectivity index (χ0n) is 17.1. The van der Waals surface area contributed by atoms with Gasteiger partial charge >= 0.3 is 7.82 Å². The number of rotatable bonds is 13. The number of unbranched alkanes of at least 4 members (excludes halogenated alkanes) is 2. The van der Waals surface area contributed by atoms with Gasteiger partial charge in [-0.3, -0.25) is 4.52 Å². The van der Waals surface area contributed by atoms with Crippen LogP contribution in [0.25, 0.3) is 0 Å². The molecule has 0 saturated carbocycles. The second-order valence-electron chi connectivity index (χ2n) is 6.56. The second kappa shape index (κ2) is 12.8. The van der Waals surface area contributed by atoms with Crippen molar-refractivity contribution in [1.82, 2.24) is 0 Å². The molecule has 2 rings (SSSR count). The normalized spacial score (nSPS) is 13.5. The minimum atomic E-state index is -3.99. The van der Waals surface area contributed by atoms with Crippen LogP contribution in [0.2, 0.25) is 0 Å². The first-order valence-electron chi connectivity index (χ1n) is 10.00. The largest absolute Gasteiger partial charge is 0.587 e. The van der Waals surface area contributed by atoms with Crippen LogP contribution in [0.15, 0.2) is 73.2 Å². The Balaban J connectivity index is 2.29. The zero-order chi connectivity index (χ0) is 21.7. The molecular weight excluding hydrogens is 403 g/mol. The molecule has 0 fully saturated rings. The molecule has 6 nitrogen and oxygen atoms in total. The van der Waals surface area contributed by atoms with Gasteiger partial charge in [-0.2, -0.15) is 0 Å². The molecule has 0 aliphatic rings. The fourth-order valence-corrected chi connectivity index (χ4v) is 4.06. The van der Waals surface area contributed by atoms with E-state index in [0.29, 0.717) is 24.3 Å². The molecule has 7 heteroatoms. The smallest absolute Gasteiger partial charge is 0.516 e. The van der Waals surface area contributed by atoms with E-state index in [1.54, 1.807) is 36.4 Å². The van der Waals surface area contributed by atoms with Crippen molar-refractivity contribution in [3.63, 3.8) is 0 Å². The molecule has 0 amide bonds. The van der Waals surface area contributed by atoms with Crippen LogP contribution >= 0.6 is 7.82 Å². The van der Waals surface area contributed by atoms with Gasteiger partial charge in [0.15, 0.2) is 0 Å². The summed E-state index contributed by atoms with van der Waals surface area (Å²) in [4.78, 5) is 0. The summed E-state index contributed by atoms with van der Waals surface area (Å²) in [6.45, 7) is 2.31. The van der Waals surface area contributed by atoms with Gasteiger partial charge in [-0.05, 0) is 54.7 Å². The molecule has 0 aliphatic heterocycles. The van der Waals surface area contributed by atoms with Crippen LogP contribution in [0.5, 0.6) is 11.5 Å². The van der Waals surface area contributed by atoms with E-state index in [-0.39, 0.29) is 6.61 Å². The number of allylic oxidation sites excluding steroid dienone is 2. The molecule has 0 radical (unpaired) electrons. The lowest BCUT2D eigenvalue weighted by molar-refractivity contribution is 0.205. The maximum absolute atomic E-state index is 13.6. The topological polar surface area (TPSA) is 85.2 Å². The van der Waals surface area contributed by atoms with Crippen LogP contribution in [0, 0.1) is 0 Å². The summed E-state index contributed by atoms with van der Waals surface area (Å²) in [6.07, 6.45) is 8.52. The van der Waals surface area contributed by atoms with E-state index in [4.69, 9.17) is 23.8 Å². The minimum absolute atomic E-state index is 0.239. The Hall–Kier alpha value is -2.69. The third-order valence-corrected chi connectivity index (χ3v) is 5.59. The summed E-state index contributed by atoms with van der Waals surface area (Å²) in [5.74, 6) is 0.726. The predicted molar refractivity (Wildman–Crippen MR) is 118 cm³/mol. The molecule has 0 heterocycles. The van der Waals surface area contributed by atoms with E-state index in [1.807, 2.05) is 24.3 Å². The van der Waals surface area contributed by atoms with Gasteiger partial charge in [0.1, 0.15) is 11.5 Å². The lowest BCUT2D eigenvalue weighted by atomic mass is 10.1. The Kier molecular flexibility index (Phi) is 10.1. The van der Waals surface area contributed by atoms with Gasteiger partial charge in [0.2, 0.25) is 0 Å². The van der Waals surface area contributed by atoms with E-state index in [0.717, 1.165) is 42.9 Å². The van der Waals surface area contributed by atoms with E-state index in [2.05, 4.69) is 6.92 Å². The second-order valence-corrected chi connectivity index (χ2v) is 8.08. The van der Waals surface area contributed by atoms with Gasteiger partial charge in [0.25, 0.3) is 0 Å². The molecule has 0 aromatic heterocycles. The molecule has 0 spiro atoms. The third kappa shape index (κ3) is 7.62. The number of phosphoric ester groups is 1. The van der Waals surface area contributed by atoms with Gasteiger partial charge in [-0.15, -0.1) is 0 Å². The Bertz CT molecular complexity index is 814. The minimum Gasteiger partial charge on any atom is -0.516 e. The molecule has 0 bridgehead atoms. The fraction of sp³-hybridized carbons (Fsp3) is 0.304. The quantitative estimate of drug-likeness (QED) is 0.208. The third-order valence-electron chi connectivity index (χ3n) is 4.25. The van der Waals surface area contributed by atoms with Gasteiger partial charge < -0.3 is 19.3 Å². The average molecular weight is 432 g/mol.